The number of hydrogen-bond acceptors (Lipinski definition) is 4. The lowest BCUT2D eigenvalue weighted by Crippen LogP contribution is -2.46. The topological polar surface area (TPSA) is 34.6 Å². The molecule has 0 amide bonds. The number of pyridine rings is 1. The Morgan fingerprint density at radius 1 is 1.56 bits per heavy atom. The Kier molecular flexibility index (Phi) is 4.97. The SMILES string of the molecule is COc1ncccc1CN1CC(C)OC(CBr)C1. The highest BCUT2D eigenvalue weighted by molar-refractivity contribution is 9.09. The van der Waals surface area contributed by atoms with Gasteiger partial charge in [-0.3, -0.25) is 4.90 Å². The monoisotopic (exact) mass is 314 g/mol. The molecule has 2 rings (SSSR count). The molecule has 0 radical (unpaired) electrons. The van der Waals surface area contributed by atoms with Gasteiger partial charge in [0.1, 0.15) is 0 Å². The third-order valence-corrected chi connectivity index (χ3v) is 3.73. The van der Waals surface area contributed by atoms with Crippen LogP contribution in [-0.2, 0) is 11.3 Å². The van der Waals surface area contributed by atoms with Crippen molar-refractivity contribution in [3.63, 3.8) is 0 Å². The van der Waals surface area contributed by atoms with Gasteiger partial charge in [0.15, 0.2) is 0 Å². The highest BCUT2D eigenvalue weighted by Gasteiger charge is 2.25. The van der Waals surface area contributed by atoms with Gasteiger partial charge >= 0.3 is 0 Å². The molecular formula is C13H19BrN2O2. The van der Waals surface area contributed by atoms with Gasteiger partial charge in [-0.25, -0.2) is 4.98 Å². The molecule has 1 aliphatic heterocycles. The first-order valence-corrected chi connectivity index (χ1v) is 7.26. The zero-order valence-electron chi connectivity index (χ0n) is 10.8. The van der Waals surface area contributed by atoms with E-state index in [1.807, 2.05) is 6.07 Å². The summed E-state index contributed by atoms with van der Waals surface area (Å²) in [7, 11) is 1.66. The van der Waals surface area contributed by atoms with Crippen molar-refractivity contribution in [1.29, 1.82) is 0 Å². The van der Waals surface area contributed by atoms with Crippen molar-refractivity contribution in [3.05, 3.63) is 23.9 Å². The average molecular weight is 315 g/mol. The van der Waals surface area contributed by atoms with Gasteiger partial charge in [-0.05, 0) is 13.0 Å². The van der Waals surface area contributed by atoms with Crippen LogP contribution >= 0.6 is 15.9 Å². The Labute approximate surface area is 116 Å². The summed E-state index contributed by atoms with van der Waals surface area (Å²) in [6.45, 7) is 4.85. The molecule has 0 spiro atoms. The number of alkyl halides is 1. The summed E-state index contributed by atoms with van der Waals surface area (Å²) in [5.74, 6) is 0.715. The number of ether oxygens (including phenoxy) is 2. The van der Waals surface area contributed by atoms with E-state index >= 15 is 0 Å². The molecule has 0 bridgehead atoms. The lowest BCUT2D eigenvalue weighted by molar-refractivity contribution is -0.0679. The number of aromatic nitrogens is 1. The maximum absolute atomic E-state index is 5.82. The zero-order valence-corrected chi connectivity index (χ0v) is 12.4. The van der Waals surface area contributed by atoms with E-state index in [0.717, 1.165) is 30.5 Å². The van der Waals surface area contributed by atoms with E-state index in [2.05, 4.69) is 38.8 Å². The quantitative estimate of drug-likeness (QED) is 0.797. The highest BCUT2D eigenvalue weighted by atomic mass is 79.9. The minimum absolute atomic E-state index is 0.261. The molecule has 1 aromatic heterocycles. The molecule has 2 atom stereocenters. The number of morpholine rings is 1. The smallest absolute Gasteiger partial charge is 0.217 e. The minimum atomic E-state index is 0.261. The second-order valence-electron chi connectivity index (χ2n) is 4.59. The van der Waals surface area contributed by atoms with Crippen molar-refractivity contribution in [3.8, 4) is 5.88 Å². The van der Waals surface area contributed by atoms with Gasteiger partial charge in [0.05, 0.1) is 19.3 Å². The molecule has 4 nitrogen and oxygen atoms in total. The van der Waals surface area contributed by atoms with E-state index in [0.29, 0.717) is 5.88 Å². The van der Waals surface area contributed by atoms with Crippen LogP contribution in [0.2, 0.25) is 0 Å². The van der Waals surface area contributed by atoms with E-state index in [9.17, 15) is 0 Å². The molecule has 2 unspecified atom stereocenters. The van der Waals surface area contributed by atoms with Gasteiger partial charge in [-0.15, -0.1) is 0 Å². The van der Waals surface area contributed by atoms with Gasteiger partial charge in [0.2, 0.25) is 5.88 Å². The van der Waals surface area contributed by atoms with Crippen molar-refractivity contribution < 1.29 is 9.47 Å². The predicted octanol–water partition coefficient (Wildman–Crippen LogP) is 2.07. The first kappa shape index (κ1) is 13.8. The molecule has 100 valence electrons. The third kappa shape index (κ3) is 3.43. The van der Waals surface area contributed by atoms with E-state index in [1.165, 1.54) is 0 Å². The fourth-order valence-corrected chi connectivity index (χ4v) is 2.68. The molecule has 5 heteroatoms. The Bertz CT molecular complexity index is 389. The minimum Gasteiger partial charge on any atom is -0.481 e. The van der Waals surface area contributed by atoms with Crippen molar-refractivity contribution in [2.24, 2.45) is 0 Å². The van der Waals surface area contributed by atoms with Gasteiger partial charge < -0.3 is 9.47 Å². The molecule has 1 aliphatic rings. The van der Waals surface area contributed by atoms with Crippen molar-refractivity contribution in [2.45, 2.75) is 25.7 Å². The van der Waals surface area contributed by atoms with Crippen LogP contribution in [-0.4, -0.2) is 47.6 Å². The van der Waals surface area contributed by atoms with Crippen LogP contribution < -0.4 is 4.74 Å². The summed E-state index contributed by atoms with van der Waals surface area (Å²) in [6, 6.07) is 4.01. The highest BCUT2D eigenvalue weighted by Crippen LogP contribution is 2.20. The molecule has 0 aliphatic carbocycles. The van der Waals surface area contributed by atoms with Crippen LogP contribution in [0.3, 0.4) is 0 Å². The maximum Gasteiger partial charge on any atom is 0.217 e. The third-order valence-electron chi connectivity index (χ3n) is 3.01. The van der Waals surface area contributed by atoms with E-state index in [1.54, 1.807) is 13.3 Å². The van der Waals surface area contributed by atoms with Crippen molar-refractivity contribution >= 4 is 15.9 Å². The first-order valence-electron chi connectivity index (χ1n) is 6.14. The second kappa shape index (κ2) is 6.50. The van der Waals surface area contributed by atoms with Gasteiger partial charge in [0, 0.05) is 36.7 Å². The second-order valence-corrected chi connectivity index (χ2v) is 5.24. The number of halogens is 1. The van der Waals surface area contributed by atoms with Crippen LogP contribution in [0.25, 0.3) is 0 Å². The summed E-state index contributed by atoms with van der Waals surface area (Å²) in [6.07, 6.45) is 2.28. The number of rotatable bonds is 4. The first-order chi connectivity index (χ1) is 8.72. The Morgan fingerprint density at radius 2 is 2.39 bits per heavy atom. The maximum atomic E-state index is 5.82. The Morgan fingerprint density at radius 3 is 3.11 bits per heavy atom. The Hall–Kier alpha value is -0.650. The molecule has 1 fully saturated rings. The summed E-state index contributed by atoms with van der Waals surface area (Å²) in [5, 5.41) is 0.873. The molecule has 1 saturated heterocycles. The molecule has 0 saturated carbocycles. The lowest BCUT2D eigenvalue weighted by atomic mass is 10.2. The Balaban J connectivity index is 2.04. The summed E-state index contributed by atoms with van der Waals surface area (Å²) in [4.78, 5) is 6.62. The fraction of sp³-hybridized carbons (Fsp3) is 0.615. The zero-order chi connectivity index (χ0) is 13.0. The van der Waals surface area contributed by atoms with Gasteiger partial charge in [-0.2, -0.15) is 0 Å². The summed E-state index contributed by atoms with van der Waals surface area (Å²) >= 11 is 3.49. The summed E-state index contributed by atoms with van der Waals surface area (Å²) < 4.78 is 11.1. The fourth-order valence-electron chi connectivity index (χ4n) is 2.32. The number of hydrogen-bond donors (Lipinski definition) is 0. The predicted molar refractivity (Wildman–Crippen MR) is 74.2 cm³/mol. The van der Waals surface area contributed by atoms with E-state index in [4.69, 9.17) is 9.47 Å². The normalized spacial score (nSPS) is 25.1. The van der Waals surface area contributed by atoms with E-state index < -0.39 is 0 Å². The number of nitrogens with zero attached hydrogens (tertiary/aromatic N) is 2. The van der Waals surface area contributed by atoms with Gasteiger partial charge in [0.25, 0.3) is 0 Å². The summed E-state index contributed by atoms with van der Waals surface area (Å²) in [5.41, 5.74) is 1.13. The van der Waals surface area contributed by atoms with E-state index in [-0.39, 0.29) is 12.2 Å². The van der Waals surface area contributed by atoms with Crippen molar-refractivity contribution in [1.82, 2.24) is 9.88 Å². The van der Waals surface area contributed by atoms with Crippen LogP contribution in [0.15, 0.2) is 18.3 Å². The molecular weight excluding hydrogens is 296 g/mol. The molecule has 1 aromatic rings. The molecule has 0 N–H and O–H groups in total. The standard InChI is InChI=1S/C13H19BrN2O2/c1-10-7-16(9-12(6-14)18-10)8-11-4-3-5-15-13(11)17-2/h3-5,10,12H,6-9H2,1-2H3. The average Bonchev–Trinajstić information content (AvgIpc) is 2.38. The van der Waals surface area contributed by atoms with Crippen LogP contribution in [0.1, 0.15) is 12.5 Å². The van der Waals surface area contributed by atoms with Crippen LogP contribution in [0.5, 0.6) is 5.88 Å². The van der Waals surface area contributed by atoms with Crippen molar-refractivity contribution in [2.75, 3.05) is 25.5 Å². The molecule has 0 aromatic carbocycles. The van der Waals surface area contributed by atoms with Gasteiger partial charge in [-0.1, -0.05) is 22.0 Å². The number of methoxy groups -OCH3 is 1. The largest absolute Gasteiger partial charge is 0.481 e. The molecule has 18 heavy (non-hydrogen) atoms. The lowest BCUT2D eigenvalue weighted by Gasteiger charge is -2.36. The van der Waals surface area contributed by atoms with Crippen LogP contribution in [0, 0.1) is 0 Å². The molecule has 2 heterocycles. The van der Waals surface area contributed by atoms with Crippen LogP contribution in [0.4, 0.5) is 0 Å².